The Bertz CT molecular complexity index is 2940. The summed E-state index contributed by atoms with van der Waals surface area (Å²) in [5.41, 5.74) is 13.0. The minimum absolute atomic E-state index is 0.172. The molecule has 0 spiro atoms. The number of benzene rings is 2. The van der Waals surface area contributed by atoms with Crippen LogP contribution in [0.4, 0.5) is 0 Å². The Kier molecular flexibility index (Phi) is 28.3. The van der Waals surface area contributed by atoms with Gasteiger partial charge >= 0.3 is 23.9 Å². The molecule has 3 rings (SSSR count). The third kappa shape index (κ3) is 22.9. The molecular formula is C56H78N12O18. The molecule has 0 aliphatic carbocycles. The highest BCUT2D eigenvalue weighted by Gasteiger charge is 2.37. The third-order valence-corrected chi connectivity index (χ3v) is 14.0. The van der Waals surface area contributed by atoms with Crippen LogP contribution in [0.5, 0.6) is 0 Å². The smallest absolute Gasteiger partial charge is 0.326 e. The maximum absolute atomic E-state index is 14.1. The number of nitrogens with one attached hydrogen (secondary N) is 10. The van der Waals surface area contributed by atoms with E-state index in [4.69, 9.17) is 11.5 Å². The van der Waals surface area contributed by atoms with Crippen molar-refractivity contribution in [1.29, 1.82) is 0 Å². The maximum atomic E-state index is 14.1. The third-order valence-electron chi connectivity index (χ3n) is 14.0. The van der Waals surface area contributed by atoms with E-state index < -0.39 is 188 Å². The number of aliphatic carboxylic acids is 4. The second kappa shape index (κ2) is 34.3. The van der Waals surface area contributed by atoms with Crippen LogP contribution < -0.4 is 59.3 Å². The summed E-state index contributed by atoms with van der Waals surface area (Å²) in [6.45, 7) is 8.83. The first-order valence-corrected chi connectivity index (χ1v) is 27.7. The average Bonchev–Trinajstić information content (AvgIpc) is 3.95. The quantitative estimate of drug-likeness (QED) is 0.0291. The van der Waals surface area contributed by atoms with Crippen molar-refractivity contribution in [3.05, 3.63) is 71.9 Å². The van der Waals surface area contributed by atoms with Crippen LogP contribution in [-0.4, -0.2) is 169 Å². The standard InChI is InChI=1S/C56H78N12O18/c1-7-28(5)45(58)53(82)64-37(22-42(71)72)51(80)62-35(20-30-14-10-9-11-15-30)48(77)60-26-41(70)67-47(29(6)8-2)55(84)61-34(18-19-40(57)69)49(78)68-46(27(3)4)54(83)65-38(23-43(73)74)52(81)63-36(50(79)66-39(56(85)86)24-44(75)76)21-31-25-59-33-17-13-12-16-32(31)33/h9-17,25,27-29,34-39,45-47,59H,7-8,18-24,26,58H2,1-6H3,(H2,57,69)(H,60,77)(H,61,84)(H,62,80)(H,63,81)(H,64,82)(H,65,83)(H,66,79)(H,67,70)(H,68,78)(H,71,72)(H,73,74)(H,75,76)(H,85,86)/t28-,29-,34-,35-,36-,37-,38-,39-,45-,46-,47-/m0/s1. The SMILES string of the molecule is CC[C@H](C)[C@H](N)C(=O)N[C@@H](CC(=O)O)C(=O)N[C@@H](Cc1ccccc1)C(=O)NCC(=O)N[C@H](C(=O)N[C@@H](CCC(N)=O)C(=O)N[C@H](C(=O)N[C@@H](CC(=O)O)C(=O)N[C@@H](Cc1c[nH]c2ccccc12)C(=O)N[C@@H](CC(=O)O)C(=O)O)C(C)C)[C@@H](C)CC. The molecule has 1 aromatic heterocycles. The number of hydrogen-bond donors (Lipinski definition) is 16. The molecule has 86 heavy (non-hydrogen) atoms. The second-order valence-corrected chi connectivity index (χ2v) is 21.0. The zero-order chi connectivity index (χ0) is 64.5. The Balaban J connectivity index is 1.85. The zero-order valence-corrected chi connectivity index (χ0v) is 48.4. The van der Waals surface area contributed by atoms with Crippen LogP contribution in [0.3, 0.4) is 0 Å². The molecule has 10 amide bonds. The van der Waals surface area contributed by atoms with E-state index in [1.165, 1.54) is 20.0 Å². The first-order chi connectivity index (χ1) is 40.5. The molecule has 0 bridgehead atoms. The van der Waals surface area contributed by atoms with Crippen molar-refractivity contribution in [2.24, 2.45) is 29.2 Å². The lowest BCUT2D eigenvalue weighted by Crippen LogP contribution is -2.61. The van der Waals surface area contributed by atoms with E-state index in [1.54, 1.807) is 82.3 Å². The van der Waals surface area contributed by atoms with Gasteiger partial charge in [-0.2, -0.15) is 0 Å². The molecule has 11 atom stereocenters. The van der Waals surface area contributed by atoms with Gasteiger partial charge < -0.3 is 84.7 Å². The Morgan fingerprint density at radius 3 is 1.50 bits per heavy atom. The molecule has 0 radical (unpaired) electrons. The number of carboxylic acids is 4. The zero-order valence-electron chi connectivity index (χ0n) is 48.4. The minimum Gasteiger partial charge on any atom is -0.481 e. The van der Waals surface area contributed by atoms with Crippen molar-refractivity contribution in [3.8, 4) is 0 Å². The fourth-order valence-electron chi connectivity index (χ4n) is 8.61. The van der Waals surface area contributed by atoms with E-state index in [9.17, 15) is 87.5 Å². The Morgan fingerprint density at radius 1 is 0.500 bits per heavy atom. The van der Waals surface area contributed by atoms with E-state index in [0.29, 0.717) is 28.5 Å². The summed E-state index contributed by atoms with van der Waals surface area (Å²) in [6, 6.07) is 0.465. The number of fused-ring (bicyclic) bond motifs is 1. The monoisotopic (exact) mass is 1210 g/mol. The van der Waals surface area contributed by atoms with Crippen molar-refractivity contribution in [1.82, 2.24) is 52.8 Å². The van der Waals surface area contributed by atoms with Gasteiger partial charge in [-0.25, -0.2) is 4.79 Å². The molecule has 0 unspecified atom stereocenters. The first-order valence-electron chi connectivity index (χ1n) is 27.7. The first kappa shape index (κ1) is 70.8. The number of para-hydroxylation sites is 1. The molecule has 30 heteroatoms. The van der Waals surface area contributed by atoms with Gasteiger partial charge in [0.25, 0.3) is 0 Å². The van der Waals surface area contributed by atoms with Gasteiger partial charge in [0, 0.05) is 36.4 Å². The Morgan fingerprint density at radius 2 is 0.965 bits per heavy atom. The van der Waals surface area contributed by atoms with Crippen LogP contribution in [0.25, 0.3) is 10.9 Å². The van der Waals surface area contributed by atoms with Gasteiger partial charge in [-0.1, -0.05) is 103 Å². The summed E-state index contributed by atoms with van der Waals surface area (Å²) in [7, 11) is 0. The highest BCUT2D eigenvalue weighted by atomic mass is 16.4. The Labute approximate surface area is 494 Å². The molecule has 0 saturated carbocycles. The lowest BCUT2D eigenvalue weighted by Gasteiger charge is -2.29. The molecule has 0 fully saturated rings. The number of carbonyl (C=O) groups is 14. The van der Waals surface area contributed by atoms with E-state index >= 15 is 0 Å². The molecule has 2 aromatic carbocycles. The highest BCUT2D eigenvalue weighted by Crippen LogP contribution is 2.20. The topological polar surface area (TPSA) is 496 Å². The predicted molar refractivity (Wildman–Crippen MR) is 305 cm³/mol. The van der Waals surface area contributed by atoms with Gasteiger partial charge in [0.05, 0.1) is 31.8 Å². The van der Waals surface area contributed by atoms with E-state index in [2.05, 4.69) is 52.8 Å². The molecule has 18 N–H and O–H groups in total. The second-order valence-electron chi connectivity index (χ2n) is 21.0. The largest absolute Gasteiger partial charge is 0.481 e. The predicted octanol–water partition coefficient (Wildman–Crippen LogP) is -2.20. The molecular weight excluding hydrogens is 1130 g/mol. The number of carboxylic acid groups (broad SMARTS) is 4. The number of aromatic nitrogens is 1. The summed E-state index contributed by atoms with van der Waals surface area (Å²) in [5.74, 6) is -18.5. The number of primary amides is 1. The van der Waals surface area contributed by atoms with Gasteiger partial charge in [-0.3, -0.25) is 62.3 Å². The van der Waals surface area contributed by atoms with Crippen molar-refractivity contribution in [2.45, 2.75) is 154 Å². The lowest BCUT2D eigenvalue weighted by atomic mass is 9.97. The van der Waals surface area contributed by atoms with Crippen molar-refractivity contribution >= 4 is 93.9 Å². The van der Waals surface area contributed by atoms with Crippen LogP contribution in [0.2, 0.25) is 0 Å². The van der Waals surface area contributed by atoms with Crippen LogP contribution >= 0.6 is 0 Å². The summed E-state index contributed by atoms with van der Waals surface area (Å²) in [5, 5.41) is 60.2. The van der Waals surface area contributed by atoms with Gasteiger partial charge in [0.15, 0.2) is 0 Å². The summed E-state index contributed by atoms with van der Waals surface area (Å²) in [6.07, 6.45) is -2.29. The van der Waals surface area contributed by atoms with Gasteiger partial charge in [0.2, 0.25) is 59.1 Å². The number of hydrogen-bond acceptors (Lipinski definition) is 15. The molecule has 0 aliphatic heterocycles. The normalized spacial score (nSPS) is 14.9. The average molecular weight is 1210 g/mol. The summed E-state index contributed by atoms with van der Waals surface area (Å²) >= 11 is 0. The number of aromatic amines is 1. The molecule has 30 nitrogen and oxygen atoms in total. The fourth-order valence-corrected chi connectivity index (χ4v) is 8.61. The number of carbonyl (C=O) groups excluding carboxylic acids is 10. The molecule has 3 aromatic rings. The van der Waals surface area contributed by atoms with Gasteiger partial charge in [-0.15, -0.1) is 0 Å². The number of rotatable bonds is 37. The van der Waals surface area contributed by atoms with Crippen molar-refractivity contribution in [3.63, 3.8) is 0 Å². The molecule has 470 valence electrons. The Hall–Kier alpha value is -9.48. The molecule has 0 aliphatic rings. The lowest BCUT2D eigenvalue weighted by molar-refractivity contribution is -0.147. The molecule has 1 heterocycles. The van der Waals surface area contributed by atoms with Crippen LogP contribution in [-0.2, 0) is 80.0 Å². The summed E-state index contributed by atoms with van der Waals surface area (Å²) < 4.78 is 0. The van der Waals surface area contributed by atoms with Crippen LogP contribution in [0, 0.1) is 17.8 Å². The van der Waals surface area contributed by atoms with Gasteiger partial charge in [0.1, 0.15) is 48.3 Å². The number of H-pyrrole nitrogens is 1. The van der Waals surface area contributed by atoms with E-state index in [0.717, 1.165) is 0 Å². The van der Waals surface area contributed by atoms with E-state index in [1.807, 2.05) is 0 Å². The highest BCUT2D eigenvalue weighted by molar-refractivity contribution is 6.00. The summed E-state index contributed by atoms with van der Waals surface area (Å²) in [4.78, 5) is 186. The van der Waals surface area contributed by atoms with Gasteiger partial charge in [-0.05, 0) is 41.4 Å². The van der Waals surface area contributed by atoms with Crippen LogP contribution in [0.15, 0.2) is 60.8 Å². The van der Waals surface area contributed by atoms with E-state index in [-0.39, 0.29) is 25.2 Å². The number of amides is 10. The van der Waals surface area contributed by atoms with Crippen LogP contribution in [0.1, 0.15) is 97.6 Å². The van der Waals surface area contributed by atoms with Crippen molar-refractivity contribution in [2.75, 3.05) is 6.54 Å². The fraction of sp³-hybridized carbons (Fsp3) is 0.500. The minimum atomic E-state index is -1.98. The maximum Gasteiger partial charge on any atom is 0.326 e. The molecule has 0 saturated heterocycles. The number of nitrogens with two attached hydrogens (primary N) is 2. The van der Waals surface area contributed by atoms with Crippen molar-refractivity contribution < 1.29 is 87.5 Å².